The van der Waals surface area contributed by atoms with E-state index in [2.05, 4.69) is 53.3 Å². The van der Waals surface area contributed by atoms with Crippen LogP contribution in [0.4, 0.5) is 0 Å². The van der Waals surface area contributed by atoms with Gasteiger partial charge in [-0.25, -0.2) is 0 Å². The maximum atomic E-state index is 3.45. The van der Waals surface area contributed by atoms with Gasteiger partial charge in [-0.3, -0.25) is 0 Å². The van der Waals surface area contributed by atoms with Gasteiger partial charge in [0.25, 0.3) is 0 Å². The van der Waals surface area contributed by atoms with E-state index in [0.29, 0.717) is 0 Å². The fourth-order valence-corrected chi connectivity index (χ4v) is 2.47. The summed E-state index contributed by atoms with van der Waals surface area (Å²) in [6, 6.07) is 4.21. The highest BCUT2D eigenvalue weighted by Crippen LogP contribution is 2.23. The maximum absolute atomic E-state index is 3.45. The topological polar surface area (TPSA) is 12.0 Å². The lowest BCUT2D eigenvalue weighted by Crippen LogP contribution is -2.14. The van der Waals surface area contributed by atoms with Crippen molar-refractivity contribution in [3.63, 3.8) is 0 Å². The van der Waals surface area contributed by atoms with Gasteiger partial charge in [-0.1, -0.05) is 12.5 Å². The van der Waals surface area contributed by atoms with Gasteiger partial charge in [-0.2, -0.15) is 0 Å². The molecule has 0 fully saturated rings. The Hall–Kier alpha value is -0.120. The van der Waals surface area contributed by atoms with Crippen molar-refractivity contribution in [3.8, 4) is 0 Å². The molecule has 0 bridgehead atoms. The quantitative estimate of drug-likeness (QED) is 0.873. The van der Waals surface area contributed by atoms with Crippen LogP contribution in [-0.2, 0) is 0 Å². The summed E-state index contributed by atoms with van der Waals surface area (Å²) in [7, 11) is 0. The van der Waals surface area contributed by atoms with Gasteiger partial charge < -0.3 is 5.32 Å². The van der Waals surface area contributed by atoms with Crippen LogP contribution in [0.3, 0.4) is 0 Å². The lowest BCUT2D eigenvalue weighted by molar-refractivity contribution is 0.779. The highest BCUT2D eigenvalue weighted by Gasteiger charge is 1.94. The normalized spacial score (nSPS) is 12.1. The molecule has 72 valence electrons. The van der Waals surface area contributed by atoms with Crippen LogP contribution in [0.5, 0.6) is 0 Å². The Labute approximate surface area is 92.0 Å². The van der Waals surface area contributed by atoms with Crippen LogP contribution in [-0.4, -0.2) is 13.1 Å². The molecule has 0 spiro atoms. The molecule has 0 aliphatic rings. The molecule has 1 N–H and O–H groups in total. The average molecular weight is 260 g/mol. The summed E-state index contributed by atoms with van der Waals surface area (Å²) in [5, 5.41) is 3.30. The van der Waals surface area contributed by atoms with E-state index in [1.54, 1.807) is 11.3 Å². The Bertz CT molecular complexity index is 291. The zero-order valence-electron chi connectivity index (χ0n) is 7.93. The molecule has 3 heteroatoms. The standard InChI is InChI=1S/C10H14BrNS/c1-3-12-7-8(2)6-9-4-5-10(11)13-9/h4-6,12H,3,7H2,1-2H3. The van der Waals surface area contributed by atoms with Gasteiger partial charge in [0.1, 0.15) is 0 Å². The van der Waals surface area contributed by atoms with Gasteiger partial charge in [0.05, 0.1) is 3.79 Å². The lowest BCUT2D eigenvalue weighted by Gasteiger charge is -2.00. The molecular weight excluding hydrogens is 246 g/mol. The Morgan fingerprint density at radius 1 is 1.62 bits per heavy atom. The van der Waals surface area contributed by atoms with Crippen molar-refractivity contribution >= 4 is 33.3 Å². The van der Waals surface area contributed by atoms with Crippen LogP contribution in [0.25, 0.3) is 6.08 Å². The molecule has 0 atom stereocenters. The first-order chi connectivity index (χ1) is 6.22. The van der Waals surface area contributed by atoms with Gasteiger partial charge in [0, 0.05) is 11.4 Å². The van der Waals surface area contributed by atoms with E-state index in [1.165, 1.54) is 14.2 Å². The summed E-state index contributed by atoms with van der Waals surface area (Å²) in [5.41, 5.74) is 1.37. The summed E-state index contributed by atoms with van der Waals surface area (Å²) in [5.74, 6) is 0. The molecule has 1 aromatic rings. The minimum atomic E-state index is 0.978. The molecule has 0 saturated carbocycles. The predicted octanol–water partition coefficient (Wildman–Crippen LogP) is 3.52. The van der Waals surface area contributed by atoms with Crippen molar-refractivity contribution in [3.05, 3.63) is 26.4 Å². The van der Waals surface area contributed by atoms with Crippen molar-refractivity contribution < 1.29 is 0 Å². The first kappa shape index (κ1) is 11.0. The van der Waals surface area contributed by atoms with Crippen LogP contribution in [0.1, 0.15) is 18.7 Å². The Morgan fingerprint density at radius 2 is 2.38 bits per heavy atom. The van der Waals surface area contributed by atoms with E-state index >= 15 is 0 Å². The molecule has 1 nitrogen and oxygen atoms in total. The van der Waals surface area contributed by atoms with E-state index in [-0.39, 0.29) is 0 Å². The van der Waals surface area contributed by atoms with Crippen LogP contribution >= 0.6 is 27.3 Å². The molecule has 1 rings (SSSR count). The number of halogens is 1. The van der Waals surface area contributed by atoms with E-state index in [4.69, 9.17) is 0 Å². The molecule has 0 aromatic carbocycles. The number of hydrogen-bond donors (Lipinski definition) is 1. The average Bonchev–Trinajstić information content (AvgIpc) is 2.48. The van der Waals surface area contributed by atoms with Crippen LogP contribution in [0.2, 0.25) is 0 Å². The Morgan fingerprint density at radius 3 is 2.92 bits per heavy atom. The highest BCUT2D eigenvalue weighted by molar-refractivity contribution is 9.11. The molecule has 0 unspecified atom stereocenters. The van der Waals surface area contributed by atoms with Crippen LogP contribution in [0.15, 0.2) is 21.5 Å². The number of thiophene rings is 1. The minimum absolute atomic E-state index is 0.978. The zero-order valence-corrected chi connectivity index (χ0v) is 10.3. The monoisotopic (exact) mass is 259 g/mol. The van der Waals surface area contributed by atoms with Gasteiger partial charge in [-0.15, -0.1) is 11.3 Å². The summed E-state index contributed by atoms with van der Waals surface area (Å²) in [4.78, 5) is 1.31. The summed E-state index contributed by atoms with van der Waals surface area (Å²) in [6.45, 7) is 6.27. The predicted molar refractivity (Wildman–Crippen MR) is 64.2 cm³/mol. The molecule has 0 aliphatic heterocycles. The third-order valence-electron chi connectivity index (χ3n) is 1.64. The summed E-state index contributed by atoms with van der Waals surface area (Å²) in [6.07, 6.45) is 2.22. The molecule has 0 aliphatic carbocycles. The van der Waals surface area contributed by atoms with Gasteiger partial charge in [-0.05, 0) is 47.6 Å². The second-order valence-corrected chi connectivity index (χ2v) is 5.41. The second-order valence-electron chi connectivity index (χ2n) is 2.91. The molecule has 0 radical (unpaired) electrons. The fourth-order valence-electron chi connectivity index (χ4n) is 1.02. The lowest BCUT2D eigenvalue weighted by atomic mass is 10.2. The minimum Gasteiger partial charge on any atom is -0.313 e. The molecule has 13 heavy (non-hydrogen) atoms. The number of hydrogen-bond acceptors (Lipinski definition) is 2. The Balaban J connectivity index is 2.54. The SMILES string of the molecule is CCNCC(C)=Cc1ccc(Br)s1. The molecular formula is C10H14BrNS. The zero-order chi connectivity index (χ0) is 9.68. The third-order valence-corrected chi connectivity index (χ3v) is 3.21. The second kappa shape index (κ2) is 5.58. The van der Waals surface area contributed by atoms with Gasteiger partial charge in [0.15, 0.2) is 0 Å². The summed E-state index contributed by atoms with van der Waals surface area (Å²) < 4.78 is 1.19. The van der Waals surface area contributed by atoms with Crippen molar-refractivity contribution in [2.45, 2.75) is 13.8 Å². The maximum Gasteiger partial charge on any atom is 0.0704 e. The van der Waals surface area contributed by atoms with Crippen LogP contribution in [0, 0.1) is 0 Å². The molecule has 1 aromatic heterocycles. The van der Waals surface area contributed by atoms with E-state index < -0.39 is 0 Å². The van der Waals surface area contributed by atoms with E-state index in [9.17, 15) is 0 Å². The number of nitrogens with one attached hydrogen (secondary N) is 1. The van der Waals surface area contributed by atoms with Crippen LogP contribution < -0.4 is 5.32 Å². The van der Waals surface area contributed by atoms with Crippen molar-refractivity contribution in [1.29, 1.82) is 0 Å². The highest BCUT2D eigenvalue weighted by atomic mass is 79.9. The van der Waals surface area contributed by atoms with E-state index in [0.717, 1.165) is 13.1 Å². The van der Waals surface area contributed by atoms with Crippen molar-refractivity contribution in [2.75, 3.05) is 13.1 Å². The first-order valence-corrected chi connectivity index (χ1v) is 5.96. The van der Waals surface area contributed by atoms with Gasteiger partial charge in [0.2, 0.25) is 0 Å². The van der Waals surface area contributed by atoms with Crippen molar-refractivity contribution in [1.82, 2.24) is 5.32 Å². The largest absolute Gasteiger partial charge is 0.313 e. The van der Waals surface area contributed by atoms with E-state index in [1.807, 2.05) is 0 Å². The fraction of sp³-hybridized carbons (Fsp3) is 0.400. The molecule has 0 amide bonds. The molecule has 1 heterocycles. The number of rotatable bonds is 4. The van der Waals surface area contributed by atoms with Gasteiger partial charge >= 0.3 is 0 Å². The van der Waals surface area contributed by atoms with Crippen molar-refractivity contribution in [2.24, 2.45) is 0 Å². The molecule has 0 saturated heterocycles. The Kier molecular flexibility index (Phi) is 4.70. The number of likely N-dealkylation sites (N-methyl/N-ethyl adjacent to an activating group) is 1. The summed E-state index contributed by atoms with van der Waals surface area (Å²) >= 11 is 5.21. The first-order valence-electron chi connectivity index (χ1n) is 4.35. The smallest absolute Gasteiger partial charge is 0.0704 e. The third kappa shape index (κ3) is 4.07.